The molecular formula is C15H12Br2N2OS. The minimum atomic E-state index is -0.275. The zero-order chi connectivity index (χ0) is 15.0. The highest BCUT2D eigenvalue weighted by Gasteiger charge is 2.30. The molecule has 1 heterocycles. The number of rotatable bonds is 3. The summed E-state index contributed by atoms with van der Waals surface area (Å²) in [5, 5.41) is 5.95. The summed E-state index contributed by atoms with van der Waals surface area (Å²) in [7, 11) is 1.79. The van der Waals surface area contributed by atoms with Crippen LogP contribution in [-0.2, 0) is 4.79 Å². The van der Waals surface area contributed by atoms with Gasteiger partial charge in [-0.15, -0.1) is 0 Å². The molecule has 3 nitrogen and oxygen atoms in total. The fourth-order valence-corrected chi connectivity index (χ4v) is 3.98. The third kappa shape index (κ3) is 3.04. The Hall–Kier alpha value is -0.820. The Balaban J connectivity index is 1.93. The molecular weight excluding hydrogens is 416 g/mol. The Bertz CT molecular complexity index is 704. The van der Waals surface area contributed by atoms with Crippen LogP contribution >= 0.6 is 43.6 Å². The number of anilines is 1. The lowest BCUT2D eigenvalue weighted by Crippen LogP contribution is -2.23. The van der Waals surface area contributed by atoms with Gasteiger partial charge >= 0.3 is 0 Å². The van der Waals surface area contributed by atoms with Gasteiger partial charge in [-0.3, -0.25) is 4.79 Å². The third-order valence-corrected chi connectivity index (χ3v) is 5.78. The minimum absolute atomic E-state index is 0.00908. The van der Waals surface area contributed by atoms with E-state index in [2.05, 4.69) is 54.6 Å². The molecule has 0 spiro atoms. The molecule has 0 radical (unpaired) electrons. The van der Waals surface area contributed by atoms with Crippen molar-refractivity contribution < 1.29 is 4.79 Å². The van der Waals surface area contributed by atoms with Crippen molar-refractivity contribution in [2.45, 2.75) is 15.8 Å². The second-order valence-electron chi connectivity index (χ2n) is 4.64. The van der Waals surface area contributed by atoms with Crippen molar-refractivity contribution >= 4 is 55.2 Å². The average molecular weight is 428 g/mol. The molecule has 0 aliphatic carbocycles. The van der Waals surface area contributed by atoms with Crippen LogP contribution in [0.3, 0.4) is 0 Å². The molecule has 3 rings (SSSR count). The van der Waals surface area contributed by atoms with E-state index < -0.39 is 0 Å². The molecule has 2 N–H and O–H groups in total. The fraction of sp³-hybridized carbons (Fsp3) is 0.133. The normalized spacial score (nSPS) is 16.7. The fourth-order valence-electron chi connectivity index (χ4n) is 2.26. The zero-order valence-corrected chi connectivity index (χ0v) is 15.1. The number of nitrogens with one attached hydrogen (secondary N) is 2. The van der Waals surface area contributed by atoms with Gasteiger partial charge in [0, 0.05) is 30.0 Å². The first-order valence-electron chi connectivity index (χ1n) is 6.33. The van der Waals surface area contributed by atoms with Gasteiger partial charge in [-0.25, -0.2) is 0 Å². The highest BCUT2D eigenvalue weighted by atomic mass is 79.9. The molecule has 1 aliphatic heterocycles. The first-order chi connectivity index (χ1) is 10.1. The molecule has 0 fully saturated rings. The molecule has 0 bridgehead atoms. The topological polar surface area (TPSA) is 41.1 Å². The van der Waals surface area contributed by atoms with Crippen molar-refractivity contribution in [2.24, 2.45) is 0 Å². The van der Waals surface area contributed by atoms with Crippen molar-refractivity contribution in [1.82, 2.24) is 5.32 Å². The first-order valence-corrected chi connectivity index (χ1v) is 8.73. The van der Waals surface area contributed by atoms with Crippen molar-refractivity contribution in [3.8, 4) is 0 Å². The van der Waals surface area contributed by atoms with E-state index in [-0.39, 0.29) is 11.9 Å². The van der Waals surface area contributed by atoms with Crippen LogP contribution in [0.2, 0.25) is 0 Å². The predicted octanol–water partition coefficient (Wildman–Crippen LogP) is 4.58. The Morgan fingerprint density at radius 1 is 1.19 bits per heavy atom. The molecule has 108 valence electrons. The predicted molar refractivity (Wildman–Crippen MR) is 92.8 cm³/mol. The number of hydrogen-bond acceptors (Lipinski definition) is 3. The van der Waals surface area contributed by atoms with Crippen molar-refractivity contribution in [2.75, 3.05) is 12.4 Å². The van der Waals surface area contributed by atoms with Crippen LogP contribution in [0.4, 0.5) is 5.69 Å². The van der Waals surface area contributed by atoms with Gasteiger partial charge in [-0.2, -0.15) is 0 Å². The summed E-state index contributed by atoms with van der Waals surface area (Å²) in [6, 6.07) is 11.9. The van der Waals surface area contributed by atoms with Gasteiger partial charge in [0.25, 0.3) is 0 Å². The van der Waals surface area contributed by atoms with Crippen LogP contribution < -0.4 is 10.6 Å². The molecule has 21 heavy (non-hydrogen) atoms. The van der Waals surface area contributed by atoms with Gasteiger partial charge in [-0.05, 0) is 59.4 Å². The number of likely N-dealkylation sites (N-methyl/N-ethyl adjacent to an activating group) is 1. The molecule has 2 aromatic carbocycles. The second-order valence-corrected chi connectivity index (χ2v) is 7.52. The van der Waals surface area contributed by atoms with E-state index in [1.807, 2.05) is 24.3 Å². The number of carbonyl (C=O) groups is 1. The zero-order valence-electron chi connectivity index (χ0n) is 11.1. The number of amides is 1. The van der Waals surface area contributed by atoms with Crippen LogP contribution in [-0.4, -0.2) is 13.0 Å². The monoisotopic (exact) mass is 426 g/mol. The summed E-state index contributed by atoms with van der Waals surface area (Å²) in [6.45, 7) is 0. The molecule has 0 saturated heterocycles. The third-order valence-electron chi connectivity index (χ3n) is 3.27. The van der Waals surface area contributed by atoms with Crippen LogP contribution in [0.5, 0.6) is 0 Å². The van der Waals surface area contributed by atoms with Gasteiger partial charge < -0.3 is 10.6 Å². The molecule has 1 aliphatic rings. The smallest absolute Gasteiger partial charge is 0.246 e. The number of fused-ring (bicyclic) bond motifs is 1. The van der Waals surface area contributed by atoms with Gasteiger partial charge in [0.15, 0.2) is 0 Å². The molecule has 1 atom stereocenters. The molecule has 2 aromatic rings. The van der Waals surface area contributed by atoms with Crippen LogP contribution in [0.25, 0.3) is 0 Å². The van der Waals surface area contributed by atoms with E-state index in [1.165, 1.54) is 0 Å². The lowest BCUT2D eigenvalue weighted by molar-refractivity contribution is -0.117. The SMILES string of the molecule is CNC1C(=O)Nc2cc(Sc3ccc(Br)cc3)c(Br)cc21. The maximum atomic E-state index is 11.9. The average Bonchev–Trinajstić information content (AvgIpc) is 2.76. The maximum Gasteiger partial charge on any atom is 0.246 e. The summed E-state index contributed by atoms with van der Waals surface area (Å²) >= 11 is 8.70. The standard InChI is InChI=1S/C15H12Br2N2OS/c1-18-14-10-6-11(17)13(7-12(10)19-15(14)20)21-9-4-2-8(16)3-5-9/h2-7,14,18H,1H3,(H,19,20). The Kier molecular flexibility index (Phi) is 4.40. The van der Waals surface area contributed by atoms with Crippen LogP contribution in [0.1, 0.15) is 11.6 Å². The summed E-state index contributed by atoms with van der Waals surface area (Å²) in [6.07, 6.45) is 0. The summed E-state index contributed by atoms with van der Waals surface area (Å²) in [4.78, 5) is 14.1. The molecule has 0 aromatic heterocycles. The summed E-state index contributed by atoms with van der Waals surface area (Å²) in [5.74, 6) is -0.00908. The van der Waals surface area contributed by atoms with Gasteiger partial charge in [0.2, 0.25) is 5.91 Å². The maximum absolute atomic E-state index is 11.9. The van der Waals surface area contributed by atoms with Gasteiger partial charge in [0.1, 0.15) is 6.04 Å². The number of carbonyl (C=O) groups excluding carboxylic acids is 1. The van der Waals surface area contributed by atoms with E-state index in [1.54, 1.807) is 18.8 Å². The highest BCUT2D eigenvalue weighted by Crippen LogP contribution is 2.41. The summed E-state index contributed by atoms with van der Waals surface area (Å²) in [5.41, 5.74) is 1.86. The molecule has 0 saturated carbocycles. The Labute approximate surface area is 144 Å². The van der Waals surface area contributed by atoms with Crippen molar-refractivity contribution in [1.29, 1.82) is 0 Å². The first kappa shape index (κ1) is 15.1. The number of benzene rings is 2. The summed E-state index contributed by atoms with van der Waals surface area (Å²) < 4.78 is 2.05. The highest BCUT2D eigenvalue weighted by molar-refractivity contribution is 9.10. The molecule has 6 heteroatoms. The number of hydrogen-bond donors (Lipinski definition) is 2. The van der Waals surface area contributed by atoms with Crippen molar-refractivity contribution in [3.63, 3.8) is 0 Å². The van der Waals surface area contributed by atoms with Crippen LogP contribution in [0.15, 0.2) is 55.1 Å². The minimum Gasteiger partial charge on any atom is -0.324 e. The quantitative estimate of drug-likeness (QED) is 0.753. The van der Waals surface area contributed by atoms with Crippen LogP contribution in [0, 0.1) is 0 Å². The van der Waals surface area contributed by atoms with E-state index in [0.29, 0.717) is 0 Å². The Morgan fingerprint density at radius 2 is 1.90 bits per heavy atom. The lowest BCUT2D eigenvalue weighted by atomic mass is 10.1. The largest absolute Gasteiger partial charge is 0.324 e. The van der Waals surface area contributed by atoms with E-state index in [4.69, 9.17) is 0 Å². The second kappa shape index (κ2) is 6.12. The number of halogens is 2. The Morgan fingerprint density at radius 3 is 2.57 bits per heavy atom. The van der Waals surface area contributed by atoms with E-state index in [9.17, 15) is 4.79 Å². The van der Waals surface area contributed by atoms with E-state index >= 15 is 0 Å². The van der Waals surface area contributed by atoms with Crippen molar-refractivity contribution in [3.05, 3.63) is 50.9 Å². The van der Waals surface area contributed by atoms with Gasteiger partial charge in [-0.1, -0.05) is 27.7 Å². The molecule has 1 unspecified atom stereocenters. The lowest BCUT2D eigenvalue weighted by Gasteiger charge is -2.10. The van der Waals surface area contributed by atoms with E-state index in [0.717, 1.165) is 30.0 Å². The molecule has 1 amide bonds. The van der Waals surface area contributed by atoms with Gasteiger partial charge in [0.05, 0.1) is 0 Å².